The lowest BCUT2D eigenvalue weighted by Gasteiger charge is -2.09. The van der Waals surface area contributed by atoms with Crippen molar-refractivity contribution in [1.82, 2.24) is 24.8 Å². The van der Waals surface area contributed by atoms with Gasteiger partial charge in [0.1, 0.15) is 23.3 Å². The lowest BCUT2D eigenvalue weighted by atomic mass is 10.3. The lowest BCUT2D eigenvalue weighted by molar-refractivity contribution is -0.121. The minimum Gasteiger partial charge on any atom is -0.494 e. The molecule has 9 nitrogen and oxygen atoms in total. The minimum absolute atomic E-state index is 0.0229. The Hall–Kier alpha value is -4.14. The molecule has 2 aromatic heterocycles. The molecule has 9 heteroatoms. The average molecular weight is 444 g/mol. The number of carbonyl (C=O) groups excluding carboxylic acids is 1. The molecule has 0 unspecified atom stereocenters. The first kappa shape index (κ1) is 20.7. The Bertz CT molecular complexity index is 1240. The molecule has 33 heavy (non-hydrogen) atoms. The molecule has 1 amide bonds. The molecular weight excluding hydrogens is 420 g/mol. The van der Waals surface area contributed by atoms with E-state index in [4.69, 9.17) is 9.47 Å². The second kappa shape index (κ2) is 9.56. The van der Waals surface area contributed by atoms with Crippen molar-refractivity contribution in [2.75, 3.05) is 25.1 Å². The van der Waals surface area contributed by atoms with Gasteiger partial charge in [0.2, 0.25) is 11.9 Å². The van der Waals surface area contributed by atoms with Crippen molar-refractivity contribution in [3.63, 3.8) is 0 Å². The van der Waals surface area contributed by atoms with E-state index in [-0.39, 0.29) is 5.91 Å². The molecule has 0 saturated carbocycles. The minimum atomic E-state index is 0.0229. The van der Waals surface area contributed by atoms with Crippen LogP contribution in [0.3, 0.4) is 0 Å². The molecule has 0 aliphatic carbocycles. The Kier molecular flexibility index (Phi) is 6.01. The topological polar surface area (TPSA) is 103 Å². The number of benzene rings is 2. The fraction of sp³-hybridized carbons (Fsp3) is 0.250. The first-order valence-electron chi connectivity index (χ1n) is 10.9. The second-order valence-electron chi connectivity index (χ2n) is 7.66. The van der Waals surface area contributed by atoms with Gasteiger partial charge in [-0.1, -0.05) is 0 Å². The Morgan fingerprint density at radius 2 is 1.61 bits per heavy atom. The van der Waals surface area contributed by atoms with E-state index in [1.54, 1.807) is 12.5 Å². The van der Waals surface area contributed by atoms with Crippen LogP contribution in [-0.2, 0) is 4.79 Å². The van der Waals surface area contributed by atoms with E-state index >= 15 is 0 Å². The zero-order valence-electron chi connectivity index (χ0n) is 18.0. The molecule has 2 aromatic carbocycles. The van der Waals surface area contributed by atoms with Crippen LogP contribution in [0.25, 0.3) is 16.9 Å². The number of hydrogen-bond donors (Lipinski definition) is 2. The average Bonchev–Trinajstić information content (AvgIpc) is 3.26. The number of nitrogens with one attached hydrogen (secondary N) is 2. The van der Waals surface area contributed by atoms with Crippen LogP contribution in [0.15, 0.2) is 61.1 Å². The van der Waals surface area contributed by atoms with Gasteiger partial charge in [-0.25, -0.2) is 9.97 Å². The zero-order chi connectivity index (χ0) is 22.5. The third-order valence-corrected chi connectivity index (χ3v) is 5.24. The summed E-state index contributed by atoms with van der Waals surface area (Å²) in [4.78, 5) is 25.4. The van der Waals surface area contributed by atoms with E-state index in [1.807, 2.05) is 53.1 Å². The van der Waals surface area contributed by atoms with Gasteiger partial charge in [0, 0.05) is 24.3 Å². The summed E-state index contributed by atoms with van der Waals surface area (Å²) in [7, 11) is 0. The highest BCUT2D eigenvalue weighted by atomic mass is 16.5. The van der Waals surface area contributed by atoms with Gasteiger partial charge in [0.05, 0.1) is 19.4 Å². The fourth-order valence-electron chi connectivity index (χ4n) is 3.53. The molecule has 0 fully saturated rings. The third-order valence-electron chi connectivity index (χ3n) is 5.24. The van der Waals surface area contributed by atoms with Crippen molar-refractivity contribution in [2.45, 2.75) is 19.3 Å². The van der Waals surface area contributed by atoms with Gasteiger partial charge in [-0.05, 0) is 61.4 Å². The summed E-state index contributed by atoms with van der Waals surface area (Å²) >= 11 is 0. The summed E-state index contributed by atoms with van der Waals surface area (Å²) < 4.78 is 13.4. The van der Waals surface area contributed by atoms with Crippen molar-refractivity contribution in [2.24, 2.45) is 0 Å². The van der Waals surface area contributed by atoms with E-state index < -0.39 is 0 Å². The van der Waals surface area contributed by atoms with Gasteiger partial charge in [-0.15, -0.1) is 0 Å². The predicted molar refractivity (Wildman–Crippen MR) is 124 cm³/mol. The predicted octanol–water partition coefficient (Wildman–Crippen LogP) is 3.62. The van der Waals surface area contributed by atoms with Crippen molar-refractivity contribution < 1.29 is 14.3 Å². The third kappa shape index (κ3) is 5.03. The maximum Gasteiger partial charge on any atom is 0.229 e. The van der Waals surface area contributed by atoms with Crippen molar-refractivity contribution >= 4 is 28.7 Å². The Labute approximate surface area is 190 Å². The molecule has 6 bridgehead atoms. The van der Waals surface area contributed by atoms with Gasteiger partial charge in [0.25, 0.3) is 0 Å². The molecule has 168 valence electrons. The zero-order valence-corrected chi connectivity index (χ0v) is 18.0. The molecule has 3 aliphatic rings. The smallest absolute Gasteiger partial charge is 0.229 e. The Morgan fingerprint density at radius 1 is 0.879 bits per heavy atom. The van der Waals surface area contributed by atoms with Gasteiger partial charge >= 0.3 is 0 Å². The second-order valence-corrected chi connectivity index (χ2v) is 7.66. The molecule has 0 radical (unpaired) electrons. The molecule has 3 aliphatic heterocycles. The highest BCUT2D eigenvalue weighted by molar-refractivity contribution is 5.76. The van der Waals surface area contributed by atoms with Gasteiger partial charge in [0.15, 0.2) is 5.65 Å². The first-order chi connectivity index (χ1) is 16.2. The number of aromatic nitrogens is 4. The highest BCUT2D eigenvalue weighted by Crippen LogP contribution is 2.22. The van der Waals surface area contributed by atoms with Crippen LogP contribution in [0.2, 0.25) is 0 Å². The number of anilines is 2. The number of rotatable bonds is 0. The van der Waals surface area contributed by atoms with Crippen LogP contribution in [0.5, 0.6) is 11.5 Å². The SMILES string of the molecule is O=C1CCCOc2ccc(cc2)-n2cnc3cnc(nc32)Nc2ccc(cc2)OCCCN1. The van der Waals surface area contributed by atoms with Crippen molar-refractivity contribution in [1.29, 1.82) is 0 Å². The number of carbonyl (C=O) groups is 1. The van der Waals surface area contributed by atoms with Crippen LogP contribution < -0.4 is 20.1 Å². The largest absolute Gasteiger partial charge is 0.494 e. The van der Waals surface area contributed by atoms with Crippen LogP contribution in [-0.4, -0.2) is 45.2 Å². The normalized spacial score (nSPS) is 15.0. The summed E-state index contributed by atoms with van der Waals surface area (Å²) in [6.07, 6.45) is 5.24. The van der Waals surface area contributed by atoms with Crippen LogP contribution in [0.4, 0.5) is 11.6 Å². The molecular formula is C24H24N6O3. The standard InChI is InChI=1S/C24H24N6O3/c31-22-3-1-13-32-20-10-6-18(7-11-20)30-16-27-21-15-26-24(29-23(21)30)28-17-4-8-19(9-5-17)33-14-2-12-25-22/h4-11,15-16H,1-3,12-14H2,(H,25,31)(H,26,28,29). The molecule has 0 saturated heterocycles. The van der Waals surface area contributed by atoms with Gasteiger partial charge in [-0.2, -0.15) is 4.98 Å². The van der Waals surface area contributed by atoms with E-state index in [1.165, 1.54) is 0 Å². The first-order valence-corrected chi connectivity index (χ1v) is 10.9. The molecule has 4 aromatic rings. The monoisotopic (exact) mass is 444 g/mol. The maximum atomic E-state index is 12.0. The summed E-state index contributed by atoms with van der Waals surface area (Å²) in [6, 6.07) is 15.3. The number of amides is 1. The maximum absolute atomic E-state index is 12.0. The fourth-order valence-corrected chi connectivity index (χ4v) is 3.53. The Morgan fingerprint density at radius 3 is 2.39 bits per heavy atom. The van der Waals surface area contributed by atoms with Crippen molar-refractivity contribution in [3.05, 3.63) is 61.1 Å². The summed E-state index contributed by atoms with van der Waals surface area (Å²) in [6.45, 7) is 1.58. The lowest BCUT2D eigenvalue weighted by Crippen LogP contribution is -2.25. The van der Waals surface area contributed by atoms with E-state index in [0.29, 0.717) is 49.7 Å². The van der Waals surface area contributed by atoms with Gasteiger partial charge < -0.3 is 20.1 Å². The molecule has 0 atom stereocenters. The number of hydrogen-bond acceptors (Lipinski definition) is 7. The number of ether oxygens (including phenoxy) is 2. The molecule has 7 rings (SSSR count). The van der Waals surface area contributed by atoms with Crippen LogP contribution in [0, 0.1) is 0 Å². The van der Waals surface area contributed by atoms with Crippen LogP contribution >= 0.6 is 0 Å². The number of nitrogens with zero attached hydrogens (tertiary/aromatic N) is 4. The summed E-state index contributed by atoms with van der Waals surface area (Å²) in [5, 5.41) is 6.15. The van der Waals surface area contributed by atoms with Gasteiger partial charge in [-0.3, -0.25) is 9.36 Å². The highest BCUT2D eigenvalue weighted by Gasteiger charge is 2.10. The van der Waals surface area contributed by atoms with Crippen molar-refractivity contribution in [3.8, 4) is 17.2 Å². The molecule has 5 heterocycles. The van der Waals surface area contributed by atoms with E-state index in [9.17, 15) is 4.79 Å². The Balaban J connectivity index is 1.41. The number of imidazole rings is 1. The summed E-state index contributed by atoms with van der Waals surface area (Å²) in [5.41, 5.74) is 3.16. The van der Waals surface area contributed by atoms with E-state index in [0.717, 1.165) is 29.3 Å². The van der Waals surface area contributed by atoms with E-state index in [2.05, 4.69) is 25.6 Å². The van der Waals surface area contributed by atoms with Crippen LogP contribution in [0.1, 0.15) is 19.3 Å². The quantitative estimate of drug-likeness (QED) is 0.427. The summed E-state index contributed by atoms with van der Waals surface area (Å²) in [5.74, 6) is 2.02. The number of fused-ring (bicyclic) bond motifs is 2. The molecule has 0 spiro atoms. The molecule has 2 N–H and O–H groups in total.